The third-order valence-electron chi connectivity index (χ3n) is 5.96. The molecule has 0 atom stereocenters. The first-order valence-corrected chi connectivity index (χ1v) is 12.2. The molecule has 2 aromatic carbocycles. The van der Waals surface area contributed by atoms with E-state index in [1.165, 1.54) is 11.4 Å². The first kappa shape index (κ1) is 21.3. The molecule has 0 radical (unpaired) electrons. The van der Waals surface area contributed by atoms with Crippen LogP contribution in [-0.2, 0) is 16.4 Å². The van der Waals surface area contributed by atoms with Gasteiger partial charge in [-0.1, -0.05) is 13.0 Å². The van der Waals surface area contributed by atoms with Crippen molar-refractivity contribution in [1.82, 2.24) is 4.31 Å². The Morgan fingerprint density at radius 3 is 2.53 bits per heavy atom. The fourth-order valence-electron chi connectivity index (χ4n) is 4.13. The zero-order valence-electron chi connectivity index (χ0n) is 17.0. The number of aryl methyl sites for hydroxylation is 1. The molecule has 0 unspecified atom stereocenters. The summed E-state index contributed by atoms with van der Waals surface area (Å²) < 4.78 is 39.7. The van der Waals surface area contributed by atoms with E-state index in [1.54, 1.807) is 18.2 Å². The van der Waals surface area contributed by atoms with Crippen molar-refractivity contribution in [1.29, 1.82) is 0 Å². The number of Topliss-reactive ketones (excluding diaryl/α,β-unsaturated/α-hetero) is 1. The predicted molar refractivity (Wildman–Crippen MR) is 117 cm³/mol. The van der Waals surface area contributed by atoms with E-state index in [4.69, 9.17) is 9.47 Å². The van der Waals surface area contributed by atoms with Crippen molar-refractivity contribution in [2.45, 2.75) is 43.1 Å². The van der Waals surface area contributed by atoms with Crippen LogP contribution in [0.3, 0.4) is 0 Å². The molecule has 0 aromatic heterocycles. The average Bonchev–Trinajstić information content (AvgIpc) is 2.73. The Morgan fingerprint density at radius 1 is 1.17 bits per heavy atom. The van der Waals surface area contributed by atoms with E-state index >= 15 is 0 Å². The van der Waals surface area contributed by atoms with Crippen molar-refractivity contribution in [2.24, 2.45) is 0 Å². The number of ketones is 1. The van der Waals surface area contributed by atoms with Crippen LogP contribution in [0.1, 0.15) is 42.1 Å². The molecular formula is C22H24BrNO5S. The number of methoxy groups -OCH3 is 1. The van der Waals surface area contributed by atoms with Gasteiger partial charge in [-0.2, -0.15) is 4.31 Å². The molecule has 0 aliphatic carbocycles. The van der Waals surface area contributed by atoms with Crippen LogP contribution in [0.2, 0.25) is 0 Å². The molecule has 8 heteroatoms. The molecule has 0 amide bonds. The molecule has 1 saturated heterocycles. The maximum atomic E-state index is 13.1. The predicted octanol–water partition coefficient (Wildman–Crippen LogP) is 4.21. The number of sulfonamides is 1. The van der Waals surface area contributed by atoms with Crippen molar-refractivity contribution in [3.8, 4) is 11.5 Å². The Bertz CT molecular complexity index is 1090. The number of hydrogen-bond donors (Lipinski definition) is 0. The second-order valence-electron chi connectivity index (χ2n) is 7.77. The zero-order valence-corrected chi connectivity index (χ0v) is 19.4. The van der Waals surface area contributed by atoms with E-state index in [1.807, 2.05) is 18.2 Å². The lowest BCUT2D eigenvalue weighted by Crippen LogP contribution is -2.52. The molecule has 2 aliphatic heterocycles. The Kier molecular flexibility index (Phi) is 5.67. The summed E-state index contributed by atoms with van der Waals surface area (Å²) in [5.74, 6) is 1.26. The van der Waals surface area contributed by atoms with E-state index in [2.05, 4.69) is 22.9 Å². The molecule has 30 heavy (non-hydrogen) atoms. The second-order valence-corrected chi connectivity index (χ2v) is 10.6. The van der Waals surface area contributed by atoms with Crippen LogP contribution >= 0.6 is 15.9 Å². The van der Waals surface area contributed by atoms with Crippen LogP contribution < -0.4 is 9.47 Å². The number of carbonyl (C=O) groups excluding carboxylic acids is 1. The van der Waals surface area contributed by atoms with Crippen LogP contribution in [-0.4, -0.2) is 44.3 Å². The van der Waals surface area contributed by atoms with E-state index in [0.29, 0.717) is 47.5 Å². The van der Waals surface area contributed by atoms with Gasteiger partial charge in [-0.3, -0.25) is 4.79 Å². The van der Waals surface area contributed by atoms with Crippen molar-refractivity contribution >= 4 is 31.7 Å². The topological polar surface area (TPSA) is 72.9 Å². The lowest BCUT2D eigenvalue weighted by atomic mass is 9.82. The number of carbonyl (C=O) groups is 1. The molecule has 4 rings (SSSR count). The van der Waals surface area contributed by atoms with Gasteiger partial charge in [0.2, 0.25) is 10.0 Å². The maximum absolute atomic E-state index is 13.1. The highest BCUT2D eigenvalue weighted by molar-refractivity contribution is 9.10. The third kappa shape index (κ3) is 3.76. The lowest BCUT2D eigenvalue weighted by molar-refractivity contribution is 0.00588. The zero-order chi connectivity index (χ0) is 21.5. The number of piperidine rings is 1. The number of hydrogen-bond acceptors (Lipinski definition) is 5. The highest BCUT2D eigenvalue weighted by Gasteiger charge is 2.45. The van der Waals surface area contributed by atoms with Gasteiger partial charge in [0.05, 0.1) is 28.5 Å². The standard InChI is InChI=1S/C22H24BrNO5S/c1-3-15-4-6-20-17(12-15)19(25)14-22(29-20)8-10-24(11-9-22)30(26,27)16-5-7-21(28-2)18(23)13-16/h4-7,12-13H,3,8-11,14H2,1-2H3. The first-order chi connectivity index (χ1) is 14.3. The largest absolute Gasteiger partial charge is 0.496 e. The summed E-state index contributed by atoms with van der Waals surface area (Å²) in [5.41, 5.74) is 1.11. The minimum absolute atomic E-state index is 0.0712. The quantitative estimate of drug-likeness (QED) is 0.637. The van der Waals surface area contributed by atoms with Gasteiger partial charge in [-0.05, 0) is 58.2 Å². The van der Waals surface area contributed by atoms with Crippen molar-refractivity contribution in [3.63, 3.8) is 0 Å². The molecule has 2 heterocycles. The second kappa shape index (κ2) is 7.98. The fourth-order valence-corrected chi connectivity index (χ4v) is 6.29. The van der Waals surface area contributed by atoms with Crippen LogP contribution in [0.15, 0.2) is 45.8 Å². The Labute approximate surface area is 185 Å². The summed E-state index contributed by atoms with van der Waals surface area (Å²) in [6, 6.07) is 10.5. The molecule has 0 bridgehead atoms. The minimum Gasteiger partial charge on any atom is -0.496 e. The summed E-state index contributed by atoms with van der Waals surface area (Å²) in [5, 5.41) is 0. The normalized spacial score (nSPS) is 18.7. The van der Waals surface area contributed by atoms with Gasteiger partial charge in [0, 0.05) is 25.9 Å². The van der Waals surface area contributed by atoms with Gasteiger partial charge in [-0.15, -0.1) is 0 Å². The molecule has 0 N–H and O–H groups in total. The van der Waals surface area contributed by atoms with E-state index in [9.17, 15) is 13.2 Å². The summed E-state index contributed by atoms with van der Waals surface area (Å²) in [6.07, 6.45) is 2.10. The van der Waals surface area contributed by atoms with Crippen LogP contribution in [0.25, 0.3) is 0 Å². The molecule has 1 fully saturated rings. The van der Waals surface area contributed by atoms with Crippen molar-refractivity contribution in [2.75, 3.05) is 20.2 Å². The van der Waals surface area contributed by atoms with Crippen molar-refractivity contribution in [3.05, 3.63) is 52.0 Å². The monoisotopic (exact) mass is 493 g/mol. The molecule has 160 valence electrons. The number of fused-ring (bicyclic) bond motifs is 1. The van der Waals surface area contributed by atoms with Gasteiger partial charge in [0.1, 0.15) is 17.1 Å². The number of halogens is 1. The molecule has 0 saturated carbocycles. The van der Waals surface area contributed by atoms with Gasteiger partial charge >= 0.3 is 0 Å². The van der Waals surface area contributed by atoms with E-state index in [-0.39, 0.29) is 17.1 Å². The van der Waals surface area contributed by atoms with Gasteiger partial charge < -0.3 is 9.47 Å². The number of benzene rings is 2. The molecule has 2 aromatic rings. The van der Waals surface area contributed by atoms with Crippen LogP contribution in [0.5, 0.6) is 11.5 Å². The first-order valence-electron chi connectivity index (χ1n) is 9.97. The highest BCUT2D eigenvalue weighted by atomic mass is 79.9. The van der Waals surface area contributed by atoms with Gasteiger partial charge in [-0.25, -0.2) is 8.42 Å². The third-order valence-corrected chi connectivity index (χ3v) is 8.47. The Hall–Kier alpha value is -1.90. The Morgan fingerprint density at radius 2 is 1.90 bits per heavy atom. The minimum atomic E-state index is -3.64. The summed E-state index contributed by atoms with van der Waals surface area (Å²) in [7, 11) is -2.11. The molecular weight excluding hydrogens is 470 g/mol. The van der Waals surface area contributed by atoms with Crippen molar-refractivity contribution < 1.29 is 22.7 Å². The van der Waals surface area contributed by atoms with Crippen LogP contribution in [0, 0.1) is 0 Å². The summed E-state index contributed by atoms with van der Waals surface area (Å²) in [4.78, 5) is 13.0. The van der Waals surface area contributed by atoms with Gasteiger partial charge in [0.25, 0.3) is 0 Å². The van der Waals surface area contributed by atoms with E-state index < -0.39 is 15.6 Å². The SMILES string of the molecule is CCc1ccc2c(c1)C(=O)CC1(CCN(S(=O)(=O)c3ccc(OC)c(Br)c3)CC1)O2. The highest BCUT2D eigenvalue weighted by Crippen LogP contribution is 2.41. The molecule has 1 spiro atoms. The average molecular weight is 494 g/mol. The fraction of sp³-hybridized carbons (Fsp3) is 0.409. The number of nitrogens with zero attached hydrogens (tertiary/aromatic N) is 1. The molecule has 6 nitrogen and oxygen atoms in total. The molecule has 2 aliphatic rings. The Balaban J connectivity index is 1.52. The number of ether oxygens (including phenoxy) is 2. The summed E-state index contributed by atoms with van der Waals surface area (Å²) >= 11 is 3.35. The van der Waals surface area contributed by atoms with Gasteiger partial charge in [0.15, 0.2) is 5.78 Å². The smallest absolute Gasteiger partial charge is 0.243 e. The van der Waals surface area contributed by atoms with Crippen LogP contribution in [0.4, 0.5) is 0 Å². The maximum Gasteiger partial charge on any atom is 0.243 e. The summed E-state index contributed by atoms with van der Waals surface area (Å²) in [6.45, 7) is 2.66. The lowest BCUT2D eigenvalue weighted by Gasteiger charge is -2.43. The van der Waals surface area contributed by atoms with E-state index in [0.717, 1.165) is 12.0 Å². The number of rotatable bonds is 4.